The molecule has 0 aliphatic carbocycles. The molecule has 0 amide bonds. The summed E-state index contributed by atoms with van der Waals surface area (Å²) in [5.74, 6) is -0.976. The lowest BCUT2D eigenvalue weighted by Gasteiger charge is -2.06. The van der Waals surface area contributed by atoms with E-state index in [9.17, 15) is 9.59 Å². The second-order valence-corrected chi connectivity index (χ2v) is 3.05. The molecule has 0 fully saturated rings. The van der Waals surface area contributed by atoms with E-state index in [1.54, 1.807) is 12.1 Å². The van der Waals surface area contributed by atoms with E-state index >= 15 is 0 Å². The molecule has 0 unspecified atom stereocenters. The summed E-state index contributed by atoms with van der Waals surface area (Å²) in [7, 11) is 0. The summed E-state index contributed by atoms with van der Waals surface area (Å²) in [6.07, 6.45) is 1.07. The third-order valence-corrected chi connectivity index (χ3v) is 1.86. The zero-order valence-electron chi connectivity index (χ0n) is 9.09. The van der Waals surface area contributed by atoms with Crippen molar-refractivity contribution >= 4 is 11.9 Å². The SMILES string of the molecule is C=CC(=O)OCCOc1ccc(C(=O)O)cc1. The normalized spacial score (nSPS) is 9.41. The standard InChI is InChI=1S/C12H12O5/c1-2-11(13)17-8-7-16-10-5-3-9(4-6-10)12(14)15/h2-6H,1,7-8H2,(H,14,15). The number of carbonyl (C=O) groups is 2. The Balaban J connectivity index is 2.35. The smallest absolute Gasteiger partial charge is 0.335 e. The minimum atomic E-state index is -0.989. The maximum absolute atomic E-state index is 10.7. The molecule has 0 heterocycles. The highest BCUT2D eigenvalue weighted by atomic mass is 16.6. The average molecular weight is 236 g/mol. The first-order valence-electron chi connectivity index (χ1n) is 4.89. The van der Waals surface area contributed by atoms with Gasteiger partial charge >= 0.3 is 11.9 Å². The molecule has 1 aromatic carbocycles. The van der Waals surface area contributed by atoms with Crippen molar-refractivity contribution < 1.29 is 24.2 Å². The fourth-order valence-electron chi connectivity index (χ4n) is 1.05. The summed E-state index contributed by atoms with van der Waals surface area (Å²) >= 11 is 0. The first-order valence-corrected chi connectivity index (χ1v) is 4.89. The quantitative estimate of drug-likeness (QED) is 0.460. The van der Waals surface area contributed by atoms with Crippen molar-refractivity contribution in [3.8, 4) is 5.75 Å². The van der Waals surface area contributed by atoms with Gasteiger partial charge in [0.25, 0.3) is 0 Å². The highest BCUT2D eigenvalue weighted by molar-refractivity contribution is 5.87. The minimum absolute atomic E-state index is 0.117. The van der Waals surface area contributed by atoms with Crippen LogP contribution in [0.2, 0.25) is 0 Å². The summed E-state index contributed by atoms with van der Waals surface area (Å²) in [5, 5.41) is 8.67. The molecular formula is C12H12O5. The molecule has 0 radical (unpaired) electrons. The number of ether oxygens (including phenoxy) is 2. The number of hydrogen-bond donors (Lipinski definition) is 1. The van der Waals surface area contributed by atoms with Gasteiger partial charge in [-0.05, 0) is 24.3 Å². The Hall–Kier alpha value is -2.30. The molecule has 0 bridgehead atoms. The van der Waals surface area contributed by atoms with Crippen LogP contribution in [0.3, 0.4) is 0 Å². The Morgan fingerprint density at radius 2 is 1.88 bits per heavy atom. The van der Waals surface area contributed by atoms with Crippen LogP contribution in [0.25, 0.3) is 0 Å². The second-order valence-electron chi connectivity index (χ2n) is 3.05. The van der Waals surface area contributed by atoms with E-state index in [0.717, 1.165) is 6.08 Å². The largest absolute Gasteiger partial charge is 0.490 e. The number of carbonyl (C=O) groups excluding carboxylic acids is 1. The fourth-order valence-corrected chi connectivity index (χ4v) is 1.05. The van der Waals surface area contributed by atoms with Crippen LogP contribution in [-0.2, 0) is 9.53 Å². The van der Waals surface area contributed by atoms with Crippen molar-refractivity contribution in [2.24, 2.45) is 0 Å². The van der Waals surface area contributed by atoms with Crippen molar-refractivity contribution in [3.63, 3.8) is 0 Å². The van der Waals surface area contributed by atoms with E-state index in [1.807, 2.05) is 0 Å². The molecule has 90 valence electrons. The zero-order valence-corrected chi connectivity index (χ0v) is 9.09. The van der Waals surface area contributed by atoms with Gasteiger partial charge in [-0.1, -0.05) is 6.58 Å². The number of aromatic carboxylic acids is 1. The maximum Gasteiger partial charge on any atom is 0.335 e. The Labute approximate surface area is 98.3 Å². The number of rotatable bonds is 6. The van der Waals surface area contributed by atoms with Gasteiger partial charge in [0.15, 0.2) is 0 Å². The molecular weight excluding hydrogens is 224 g/mol. The van der Waals surface area contributed by atoms with Crippen molar-refractivity contribution in [1.82, 2.24) is 0 Å². The summed E-state index contributed by atoms with van der Waals surface area (Å²) in [5.41, 5.74) is 0.190. The third kappa shape index (κ3) is 4.38. The van der Waals surface area contributed by atoms with Crippen molar-refractivity contribution in [1.29, 1.82) is 0 Å². The molecule has 17 heavy (non-hydrogen) atoms. The number of hydrogen-bond acceptors (Lipinski definition) is 4. The van der Waals surface area contributed by atoms with Gasteiger partial charge in [-0.2, -0.15) is 0 Å². The molecule has 1 aromatic rings. The van der Waals surface area contributed by atoms with E-state index in [4.69, 9.17) is 14.6 Å². The number of esters is 1. The minimum Gasteiger partial charge on any atom is -0.490 e. The Kier molecular flexibility index (Phi) is 4.75. The van der Waals surface area contributed by atoms with E-state index in [1.165, 1.54) is 12.1 Å². The van der Waals surface area contributed by atoms with Crippen LogP contribution in [-0.4, -0.2) is 30.3 Å². The topological polar surface area (TPSA) is 72.8 Å². The number of carboxylic acids is 1. The van der Waals surface area contributed by atoms with E-state index < -0.39 is 11.9 Å². The van der Waals surface area contributed by atoms with Gasteiger partial charge in [0.05, 0.1) is 5.56 Å². The van der Waals surface area contributed by atoms with Crippen LogP contribution in [0.1, 0.15) is 10.4 Å². The molecule has 1 rings (SSSR count). The molecule has 1 N–H and O–H groups in total. The van der Waals surface area contributed by atoms with Crippen molar-refractivity contribution in [2.45, 2.75) is 0 Å². The van der Waals surface area contributed by atoms with E-state index in [2.05, 4.69) is 6.58 Å². The Morgan fingerprint density at radius 1 is 1.24 bits per heavy atom. The molecule has 5 heteroatoms. The predicted octanol–water partition coefficient (Wildman–Crippen LogP) is 1.49. The van der Waals surface area contributed by atoms with Gasteiger partial charge < -0.3 is 14.6 Å². The molecule has 5 nitrogen and oxygen atoms in total. The summed E-state index contributed by atoms with van der Waals surface area (Å²) in [4.78, 5) is 21.3. The third-order valence-electron chi connectivity index (χ3n) is 1.86. The average Bonchev–Trinajstić information content (AvgIpc) is 2.34. The van der Waals surface area contributed by atoms with Gasteiger partial charge in [-0.3, -0.25) is 0 Å². The fraction of sp³-hybridized carbons (Fsp3) is 0.167. The predicted molar refractivity (Wildman–Crippen MR) is 60.1 cm³/mol. The van der Waals surface area contributed by atoms with Crippen molar-refractivity contribution in [2.75, 3.05) is 13.2 Å². The van der Waals surface area contributed by atoms with Crippen LogP contribution in [0.15, 0.2) is 36.9 Å². The first-order chi connectivity index (χ1) is 8.13. The Morgan fingerprint density at radius 3 is 2.41 bits per heavy atom. The molecule has 0 spiro atoms. The monoisotopic (exact) mass is 236 g/mol. The van der Waals surface area contributed by atoms with Crippen LogP contribution >= 0.6 is 0 Å². The molecule has 0 saturated carbocycles. The summed E-state index contributed by atoms with van der Waals surface area (Å²) in [6.45, 7) is 3.57. The molecule has 0 aliphatic rings. The van der Waals surface area contributed by atoms with Crippen molar-refractivity contribution in [3.05, 3.63) is 42.5 Å². The highest BCUT2D eigenvalue weighted by Gasteiger charge is 2.02. The second kappa shape index (κ2) is 6.32. The maximum atomic E-state index is 10.7. The Bertz CT molecular complexity index is 407. The van der Waals surface area contributed by atoms with Gasteiger partial charge in [-0.25, -0.2) is 9.59 Å². The summed E-state index contributed by atoms with van der Waals surface area (Å²) < 4.78 is 9.93. The lowest BCUT2D eigenvalue weighted by atomic mass is 10.2. The number of carboxylic acid groups (broad SMARTS) is 1. The molecule has 0 atom stereocenters. The van der Waals surface area contributed by atoms with Crippen LogP contribution < -0.4 is 4.74 Å². The van der Waals surface area contributed by atoms with E-state index in [-0.39, 0.29) is 18.8 Å². The van der Waals surface area contributed by atoms with E-state index in [0.29, 0.717) is 5.75 Å². The van der Waals surface area contributed by atoms with Gasteiger partial charge in [0, 0.05) is 6.08 Å². The molecule has 0 aliphatic heterocycles. The highest BCUT2D eigenvalue weighted by Crippen LogP contribution is 2.11. The lowest BCUT2D eigenvalue weighted by molar-refractivity contribution is -0.138. The van der Waals surface area contributed by atoms with Crippen LogP contribution in [0.4, 0.5) is 0 Å². The van der Waals surface area contributed by atoms with Gasteiger partial charge in [-0.15, -0.1) is 0 Å². The zero-order chi connectivity index (χ0) is 12.7. The lowest BCUT2D eigenvalue weighted by Crippen LogP contribution is -2.10. The summed E-state index contributed by atoms with van der Waals surface area (Å²) in [6, 6.07) is 5.96. The van der Waals surface area contributed by atoms with Gasteiger partial charge in [0.1, 0.15) is 19.0 Å². The molecule has 0 saturated heterocycles. The van der Waals surface area contributed by atoms with Gasteiger partial charge in [0.2, 0.25) is 0 Å². The van der Waals surface area contributed by atoms with Crippen LogP contribution in [0, 0.1) is 0 Å². The molecule has 0 aromatic heterocycles. The first kappa shape index (κ1) is 12.8. The van der Waals surface area contributed by atoms with Crippen LogP contribution in [0.5, 0.6) is 5.75 Å². The number of benzene rings is 1.